The zero-order valence-electron chi connectivity index (χ0n) is 9.01. The SMILES string of the molecule is Cc1cc(NS(=O)(=O)c2ncn(C)c2Cl)no1. The van der Waals surface area contributed by atoms with Crippen molar-refractivity contribution in [2.24, 2.45) is 7.05 Å². The summed E-state index contributed by atoms with van der Waals surface area (Å²) in [4.78, 5) is 3.71. The van der Waals surface area contributed by atoms with Crippen molar-refractivity contribution in [3.05, 3.63) is 23.3 Å². The van der Waals surface area contributed by atoms with Crippen LogP contribution in [0.4, 0.5) is 5.82 Å². The van der Waals surface area contributed by atoms with Crippen LogP contribution >= 0.6 is 11.6 Å². The normalized spacial score (nSPS) is 11.7. The van der Waals surface area contributed by atoms with Crippen molar-refractivity contribution in [3.63, 3.8) is 0 Å². The molecule has 0 unspecified atom stereocenters. The number of hydrogen-bond donors (Lipinski definition) is 1. The zero-order valence-corrected chi connectivity index (χ0v) is 10.6. The van der Waals surface area contributed by atoms with Gasteiger partial charge in [0.1, 0.15) is 10.9 Å². The molecule has 0 aromatic carbocycles. The van der Waals surface area contributed by atoms with Gasteiger partial charge in [0.2, 0.25) is 5.03 Å². The lowest BCUT2D eigenvalue weighted by atomic mass is 10.5. The van der Waals surface area contributed by atoms with Crippen LogP contribution in [0.25, 0.3) is 0 Å². The summed E-state index contributed by atoms with van der Waals surface area (Å²) in [5.41, 5.74) is 0. The number of rotatable bonds is 3. The van der Waals surface area contributed by atoms with Crippen LogP contribution in [0, 0.1) is 6.92 Å². The Hall–Kier alpha value is -1.54. The minimum absolute atomic E-state index is 0.0257. The van der Waals surface area contributed by atoms with Gasteiger partial charge in [0, 0.05) is 13.1 Å². The molecule has 17 heavy (non-hydrogen) atoms. The second-order valence-corrected chi connectivity index (χ2v) is 5.34. The van der Waals surface area contributed by atoms with Crippen LogP contribution in [0.3, 0.4) is 0 Å². The predicted octanol–water partition coefficient (Wildman–Crippen LogP) is 1.17. The number of hydrogen-bond acceptors (Lipinski definition) is 5. The molecular formula is C8H9ClN4O3S. The number of aromatic nitrogens is 3. The molecule has 0 aliphatic rings. The summed E-state index contributed by atoms with van der Waals surface area (Å²) < 4.78 is 32.1. The highest BCUT2D eigenvalue weighted by Gasteiger charge is 2.23. The Kier molecular flexibility index (Phi) is 2.84. The first-order valence-corrected chi connectivity index (χ1v) is 6.39. The van der Waals surface area contributed by atoms with Crippen LogP contribution in [-0.4, -0.2) is 23.1 Å². The number of imidazole rings is 1. The van der Waals surface area contributed by atoms with E-state index in [0.717, 1.165) is 0 Å². The van der Waals surface area contributed by atoms with Crippen LogP contribution < -0.4 is 4.72 Å². The molecule has 92 valence electrons. The quantitative estimate of drug-likeness (QED) is 0.909. The second-order valence-electron chi connectivity index (χ2n) is 3.38. The maximum absolute atomic E-state index is 11.9. The van der Waals surface area contributed by atoms with Gasteiger partial charge in [-0.1, -0.05) is 16.8 Å². The van der Waals surface area contributed by atoms with E-state index in [9.17, 15) is 8.42 Å². The fourth-order valence-corrected chi connectivity index (χ4v) is 2.59. The Bertz CT molecular complexity index is 646. The summed E-state index contributed by atoms with van der Waals surface area (Å²) in [5, 5.41) is 3.30. The Morgan fingerprint density at radius 1 is 1.53 bits per heavy atom. The van der Waals surface area contributed by atoms with Crippen molar-refractivity contribution in [2.75, 3.05) is 4.72 Å². The molecule has 0 bridgehead atoms. The molecule has 0 saturated heterocycles. The number of aryl methyl sites for hydroxylation is 2. The molecule has 0 atom stereocenters. The highest BCUT2D eigenvalue weighted by Crippen LogP contribution is 2.21. The van der Waals surface area contributed by atoms with Crippen molar-refractivity contribution in [1.29, 1.82) is 0 Å². The molecule has 0 amide bonds. The first-order valence-electron chi connectivity index (χ1n) is 4.53. The maximum Gasteiger partial charge on any atom is 0.283 e. The van der Waals surface area contributed by atoms with Crippen molar-refractivity contribution >= 4 is 27.4 Å². The van der Waals surface area contributed by atoms with E-state index in [0.29, 0.717) is 5.76 Å². The number of nitrogens with one attached hydrogen (secondary N) is 1. The van der Waals surface area contributed by atoms with Gasteiger partial charge < -0.3 is 9.09 Å². The first kappa shape index (κ1) is 11.9. The van der Waals surface area contributed by atoms with Gasteiger partial charge in [0.25, 0.3) is 10.0 Å². The van der Waals surface area contributed by atoms with E-state index in [-0.39, 0.29) is 16.0 Å². The first-order chi connectivity index (χ1) is 7.90. The van der Waals surface area contributed by atoms with Crippen molar-refractivity contribution in [1.82, 2.24) is 14.7 Å². The molecule has 0 aliphatic carbocycles. The molecule has 2 heterocycles. The summed E-state index contributed by atoms with van der Waals surface area (Å²) in [6.07, 6.45) is 1.31. The maximum atomic E-state index is 11.9. The van der Waals surface area contributed by atoms with Crippen molar-refractivity contribution in [2.45, 2.75) is 11.9 Å². The molecule has 9 heteroatoms. The number of anilines is 1. The summed E-state index contributed by atoms with van der Waals surface area (Å²) >= 11 is 5.80. The molecule has 0 spiro atoms. The highest BCUT2D eigenvalue weighted by molar-refractivity contribution is 7.92. The average Bonchev–Trinajstić information content (AvgIpc) is 2.75. The third-order valence-corrected chi connectivity index (χ3v) is 3.80. The largest absolute Gasteiger partial charge is 0.360 e. The van der Waals surface area contributed by atoms with Gasteiger partial charge in [-0.15, -0.1) is 0 Å². The number of nitrogens with zero attached hydrogens (tertiary/aromatic N) is 3. The second kappa shape index (κ2) is 4.04. The summed E-state index contributed by atoms with van der Waals surface area (Å²) in [5.74, 6) is 0.582. The van der Waals surface area contributed by atoms with E-state index in [1.54, 1.807) is 14.0 Å². The lowest BCUT2D eigenvalue weighted by molar-refractivity contribution is 0.400. The minimum Gasteiger partial charge on any atom is -0.360 e. The summed E-state index contributed by atoms with van der Waals surface area (Å²) in [6.45, 7) is 1.65. The molecule has 0 radical (unpaired) electrons. The monoisotopic (exact) mass is 276 g/mol. The topological polar surface area (TPSA) is 90.0 Å². The number of sulfonamides is 1. The van der Waals surface area contributed by atoms with Crippen molar-refractivity contribution < 1.29 is 12.9 Å². The molecular weight excluding hydrogens is 268 g/mol. The van der Waals surface area contributed by atoms with E-state index < -0.39 is 10.0 Å². The Balaban J connectivity index is 2.34. The molecule has 7 nitrogen and oxygen atoms in total. The van der Waals surface area contributed by atoms with Crippen LogP contribution in [0.15, 0.2) is 21.9 Å². The third-order valence-electron chi connectivity index (χ3n) is 1.96. The number of halogens is 1. The summed E-state index contributed by atoms with van der Waals surface area (Å²) in [7, 11) is -2.25. The molecule has 2 aromatic heterocycles. The average molecular weight is 277 g/mol. The van der Waals surface area contributed by atoms with Gasteiger partial charge in [-0.3, -0.25) is 4.72 Å². The Labute approximate surface area is 102 Å². The van der Waals surface area contributed by atoms with E-state index >= 15 is 0 Å². The van der Waals surface area contributed by atoms with Gasteiger partial charge in [0.05, 0.1) is 6.33 Å². The predicted molar refractivity (Wildman–Crippen MR) is 60.3 cm³/mol. The third kappa shape index (κ3) is 2.27. The van der Waals surface area contributed by atoms with E-state index in [1.165, 1.54) is 17.0 Å². The smallest absolute Gasteiger partial charge is 0.283 e. The van der Waals surface area contributed by atoms with Crippen LogP contribution in [0.2, 0.25) is 5.15 Å². The van der Waals surface area contributed by atoms with E-state index in [2.05, 4.69) is 14.9 Å². The van der Waals surface area contributed by atoms with Crippen LogP contribution in [0.1, 0.15) is 5.76 Å². The molecule has 2 aromatic rings. The van der Waals surface area contributed by atoms with E-state index in [1.807, 2.05) is 0 Å². The standard InChI is InChI=1S/C8H9ClN4O3S/c1-5-3-6(11-16-5)12-17(14,15)8-7(9)13(2)4-10-8/h3-4H,1-2H3,(H,11,12). The van der Waals surface area contributed by atoms with Crippen LogP contribution in [-0.2, 0) is 17.1 Å². The minimum atomic E-state index is -3.85. The molecule has 2 rings (SSSR count). The Morgan fingerprint density at radius 3 is 2.71 bits per heavy atom. The highest BCUT2D eigenvalue weighted by atomic mass is 35.5. The molecule has 0 saturated carbocycles. The van der Waals surface area contributed by atoms with Gasteiger partial charge >= 0.3 is 0 Å². The van der Waals surface area contributed by atoms with Gasteiger partial charge in [-0.25, -0.2) is 4.98 Å². The zero-order chi connectivity index (χ0) is 12.6. The lowest BCUT2D eigenvalue weighted by Gasteiger charge is -2.01. The van der Waals surface area contributed by atoms with Gasteiger partial charge in [-0.05, 0) is 6.92 Å². The van der Waals surface area contributed by atoms with E-state index in [4.69, 9.17) is 16.1 Å². The molecule has 0 aliphatic heterocycles. The summed E-state index contributed by atoms with van der Waals surface area (Å²) in [6, 6.07) is 1.45. The van der Waals surface area contributed by atoms with Crippen molar-refractivity contribution in [3.8, 4) is 0 Å². The molecule has 1 N–H and O–H groups in total. The van der Waals surface area contributed by atoms with Gasteiger partial charge in [-0.2, -0.15) is 8.42 Å². The Morgan fingerprint density at radius 2 is 2.24 bits per heavy atom. The molecule has 0 fully saturated rings. The fourth-order valence-electron chi connectivity index (χ4n) is 1.17. The lowest BCUT2D eigenvalue weighted by Crippen LogP contribution is -2.14. The van der Waals surface area contributed by atoms with Crippen LogP contribution in [0.5, 0.6) is 0 Å². The fraction of sp³-hybridized carbons (Fsp3) is 0.250. The van der Waals surface area contributed by atoms with Gasteiger partial charge in [0.15, 0.2) is 5.82 Å².